The molecule has 3 heterocycles. The van der Waals surface area contributed by atoms with Gasteiger partial charge in [-0.3, -0.25) is 9.88 Å². The lowest BCUT2D eigenvalue weighted by Gasteiger charge is -2.21. The molecule has 0 aliphatic carbocycles. The van der Waals surface area contributed by atoms with Crippen molar-refractivity contribution in [2.45, 2.75) is 6.29 Å². The monoisotopic (exact) mass is 566 g/mol. The second kappa shape index (κ2) is 9.90. The number of amidine groups is 2. The lowest BCUT2D eigenvalue weighted by Crippen LogP contribution is -2.91. The van der Waals surface area contributed by atoms with Crippen molar-refractivity contribution in [2.24, 2.45) is 9.98 Å². The molecule has 44 heavy (non-hydrogen) atoms. The second-order valence-electron chi connectivity index (χ2n) is 11.2. The van der Waals surface area contributed by atoms with Crippen molar-refractivity contribution in [2.75, 3.05) is 0 Å². The van der Waals surface area contributed by atoms with Gasteiger partial charge in [-0.05, 0) is 48.5 Å². The summed E-state index contributed by atoms with van der Waals surface area (Å²) in [7, 11) is 0. The first kappa shape index (κ1) is 24.8. The predicted octanol–water partition coefficient (Wildman–Crippen LogP) is 7.82. The third-order valence-corrected chi connectivity index (χ3v) is 8.67. The van der Waals surface area contributed by atoms with Gasteiger partial charge in [0.05, 0.1) is 27.6 Å². The van der Waals surface area contributed by atoms with Crippen molar-refractivity contribution in [1.82, 2.24) is 9.13 Å². The van der Waals surface area contributed by atoms with Crippen molar-refractivity contribution < 1.29 is 5.32 Å². The van der Waals surface area contributed by atoms with Crippen LogP contribution < -0.4 is 5.32 Å². The number of rotatable bonds is 4. The Kier molecular flexibility index (Phi) is 5.58. The quantitative estimate of drug-likeness (QED) is 0.226. The topological polar surface area (TPSA) is 51.2 Å². The molecule has 0 saturated carbocycles. The SMILES string of the molecule is c1ccc(C2=NC(n3c4ccccc4c4cc5c6ccccc6n(-c6ccccc6)c5cc43)[NH2+]C(c3ccccc3)=N2)cc1. The minimum absolute atomic E-state index is 0.285. The van der Waals surface area contributed by atoms with Gasteiger partial charge in [-0.15, -0.1) is 0 Å². The van der Waals surface area contributed by atoms with Gasteiger partial charge < -0.3 is 4.57 Å². The van der Waals surface area contributed by atoms with Gasteiger partial charge in [-0.25, -0.2) is 0 Å². The van der Waals surface area contributed by atoms with E-state index in [0.29, 0.717) is 0 Å². The largest absolute Gasteiger partial charge is 0.309 e. The van der Waals surface area contributed by atoms with E-state index in [1.807, 2.05) is 24.3 Å². The van der Waals surface area contributed by atoms with Crippen molar-refractivity contribution in [3.05, 3.63) is 163 Å². The molecule has 8 aromatic rings. The number of aromatic nitrogens is 2. The number of para-hydroxylation sites is 3. The van der Waals surface area contributed by atoms with Gasteiger partial charge in [0.15, 0.2) is 5.84 Å². The van der Waals surface area contributed by atoms with E-state index < -0.39 is 0 Å². The summed E-state index contributed by atoms with van der Waals surface area (Å²) in [5.41, 5.74) is 7.90. The fourth-order valence-corrected chi connectivity index (χ4v) is 6.71. The highest BCUT2D eigenvalue weighted by Crippen LogP contribution is 2.39. The van der Waals surface area contributed by atoms with Crippen LogP contribution >= 0.6 is 0 Å². The van der Waals surface area contributed by atoms with E-state index in [9.17, 15) is 0 Å². The zero-order chi connectivity index (χ0) is 29.0. The molecule has 1 aliphatic rings. The molecular formula is C39H28N5+. The molecule has 0 fully saturated rings. The molecule has 1 aliphatic heterocycles. The average Bonchev–Trinajstić information content (AvgIpc) is 3.60. The summed E-state index contributed by atoms with van der Waals surface area (Å²) < 4.78 is 4.77. The third-order valence-electron chi connectivity index (χ3n) is 8.67. The lowest BCUT2D eigenvalue weighted by atomic mass is 10.1. The molecule has 208 valence electrons. The molecule has 2 aromatic heterocycles. The number of nitrogens with zero attached hydrogens (tertiary/aromatic N) is 4. The van der Waals surface area contributed by atoms with Gasteiger partial charge in [0.25, 0.3) is 6.29 Å². The molecule has 0 radical (unpaired) electrons. The number of nitrogens with two attached hydrogens (primary N) is 1. The normalized spacial score (nSPS) is 15.2. The van der Waals surface area contributed by atoms with Gasteiger partial charge >= 0.3 is 0 Å². The van der Waals surface area contributed by atoms with Gasteiger partial charge in [-0.2, -0.15) is 9.98 Å². The number of benzene rings is 6. The Morgan fingerprint density at radius 2 is 1.05 bits per heavy atom. The zero-order valence-electron chi connectivity index (χ0n) is 23.9. The van der Waals surface area contributed by atoms with Crippen LogP contribution in [0.3, 0.4) is 0 Å². The number of fused-ring (bicyclic) bond motifs is 6. The van der Waals surface area contributed by atoms with E-state index in [4.69, 9.17) is 9.98 Å². The van der Waals surface area contributed by atoms with E-state index in [1.54, 1.807) is 0 Å². The Morgan fingerprint density at radius 3 is 1.77 bits per heavy atom. The average molecular weight is 567 g/mol. The first-order chi connectivity index (χ1) is 21.8. The molecule has 9 rings (SSSR count). The van der Waals surface area contributed by atoms with Crippen molar-refractivity contribution in [3.8, 4) is 5.69 Å². The van der Waals surface area contributed by atoms with E-state index in [2.05, 4.69) is 142 Å². The van der Waals surface area contributed by atoms with Crippen molar-refractivity contribution >= 4 is 55.3 Å². The summed E-state index contributed by atoms with van der Waals surface area (Å²) in [6.45, 7) is 0. The van der Waals surface area contributed by atoms with Crippen LogP contribution in [0.1, 0.15) is 17.4 Å². The maximum atomic E-state index is 5.30. The van der Waals surface area contributed by atoms with Crippen LogP contribution in [-0.2, 0) is 0 Å². The maximum Gasteiger partial charge on any atom is 0.272 e. The van der Waals surface area contributed by atoms with Crippen LogP contribution in [0, 0.1) is 0 Å². The van der Waals surface area contributed by atoms with Crippen molar-refractivity contribution in [3.63, 3.8) is 0 Å². The summed E-state index contributed by atoms with van der Waals surface area (Å²) in [6, 6.07) is 53.5. The smallest absolute Gasteiger partial charge is 0.272 e. The Bertz CT molecular complexity index is 2400. The van der Waals surface area contributed by atoms with Gasteiger partial charge in [0, 0.05) is 32.8 Å². The lowest BCUT2D eigenvalue weighted by molar-refractivity contribution is -0.603. The third kappa shape index (κ3) is 3.84. The van der Waals surface area contributed by atoms with Gasteiger partial charge in [-0.1, -0.05) is 103 Å². The van der Waals surface area contributed by atoms with Crippen molar-refractivity contribution in [1.29, 1.82) is 0 Å². The molecule has 1 atom stereocenters. The Morgan fingerprint density at radius 1 is 0.477 bits per heavy atom. The Labute approximate surface area is 254 Å². The molecule has 6 aromatic carbocycles. The summed E-state index contributed by atoms with van der Waals surface area (Å²) in [5, 5.41) is 7.13. The first-order valence-corrected chi connectivity index (χ1v) is 15.0. The van der Waals surface area contributed by atoms with Crippen LogP contribution in [0.25, 0.3) is 49.3 Å². The Balaban J connectivity index is 1.35. The number of quaternary nitrogens is 1. The molecule has 1 unspecified atom stereocenters. The number of hydrogen-bond donors (Lipinski definition) is 1. The van der Waals surface area contributed by atoms with Crippen LogP contribution in [0.2, 0.25) is 0 Å². The molecule has 0 saturated heterocycles. The molecule has 5 heteroatoms. The van der Waals surface area contributed by atoms with Crippen LogP contribution in [0.15, 0.2) is 162 Å². The minimum atomic E-state index is -0.285. The predicted molar refractivity (Wildman–Crippen MR) is 181 cm³/mol. The van der Waals surface area contributed by atoms with Gasteiger partial charge in [0.1, 0.15) is 0 Å². The van der Waals surface area contributed by atoms with Crippen LogP contribution in [-0.4, -0.2) is 20.8 Å². The molecule has 0 amide bonds. The molecule has 0 spiro atoms. The zero-order valence-corrected chi connectivity index (χ0v) is 23.9. The van der Waals surface area contributed by atoms with Crippen LogP contribution in [0.5, 0.6) is 0 Å². The van der Waals surface area contributed by atoms with E-state index in [1.165, 1.54) is 32.6 Å². The fraction of sp³-hybridized carbons (Fsp3) is 0.0256. The first-order valence-electron chi connectivity index (χ1n) is 15.0. The molecule has 2 N–H and O–H groups in total. The van der Waals surface area contributed by atoms with E-state index in [-0.39, 0.29) is 6.29 Å². The summed E-state index contributed by atoms with van der Waals surface area (Å²) >= 11 is 0. The summed E-state index contributed by atoms with van der Waals surface area (Å²) in [6.07, 6.45) is -0.285. The highest BCUT2D eigenvalue weighted by Gasteiger charge is 2.29. The van der Waals surface area contributed by atoms with Gasteiger partial charge in [0.2, 0.25) is 5.84 Å². The standard InChI is InChI=1S/C39H27N5/c1-4-14-26(15-5-1)37-40-38(27-16-6-2-7-17-27)42-39(41-37)44-34-23-13-11-21-30(34)32-24-31-29-20-10-12-22-33(29)43(35(31)25-36(32)44)28-18-8-3-9-19-28/h1-25,39H,(H,40,41,42)/p+1. The fourth-order valence-electron chi connectivity index (χ4n) is 6.71. The maximum absolute atomic E-state index is 5.30. The van der Waals surface area contributed by atoms with E-state index in [0.717, 1.165) is 39.5 Å². The second-order valence-corrected chi connectivity index (χ2v) is 11.2. The highest BCUT2D eigenvalue weighted by molar-refractivity contribution is 6.19. The minimum Gasteiger partial charge on any atom is -0.309 e. The summed E-state index contributed by atoms with van der Waals surface area (Å²) in [4.78, 5) is 10.4. The Hall–Kier alpha value is -5.78. The van der Waals surface area contributed by atoms with Crippen LogP contribution in [0.4, 0.5) is 0 Å². The van der Waals surface area contributed by atoms with E-state index >= 15 is 0 Å². The summed E-state index contributed by atoms with van der Waals surface area (Å²) in [5.74, 6) is 1.66. The highest BCUT2D eigenvalue weighted by atomic mass is 15.3. The number of hydrogen-bond acceptors (Lipinski definition) is 2. The number of aliphatic imine (C=N–C) groups is 2. The molecular weight excluding hydrogens is 538 g/mol. The molecule has 5 nitrogen and oxygen atoms in total. The molecule has 0 bridgehead atoms.